The molecule has 0 bridgehead atoms. The molecule has 17 heavy (non-hydrogen) atoms. The molecule has 0 saturated carbocycles. The van der Waals surface area contributed by atoms with Crippen LogP contribution < -0.4 is 0 Å². The average molecular weight is 225 g/mol. The Morgan fingerprint density at radius 2 is 1.76 bits per heavy atom. The highest BCUT2D eigenvalue weighted by molar-refractivity contribution is 5.92. The van der Waals surface area contributed by atoms with E-state index in [0.29, 0.717) is 0 Å². The van der Waals surface area contributed by atoms with Crippen LogP contribution >= 0.6 is 0 Å². The lowest BCUT2D eigenvalue weighted by Gasteiger charge is -2.12. The molecule has 1 rings (SSSR count). The van der Waals surface area contributed by atoms with Crippen molar-refractivity contribution in [3.05, 3.63) is 42.0 Å². The predicted molar refractivity (Wildman–Crippen MR) is 63.3 cm³/mol. The summed E-state index contributed by atoms with van der Waals surface area (Å²) < 4.78 is 0. The number of hydrogen-bond acceptors (Lipinski definition) is 3. The lowest BCUT2D eigenvalue weighted by Crippen LogP contribution is -2.30. The van der Waals surface area contributed by atoms with Crippen molar-refractivity contribution in [2.45, 2.75) is 0 Å². The van der Waals surface area contributed by atoms with Crippen LogP contribution in [-0.4, -0.2) is 23.9 Å². The molecule has 0 fully saturated rings. The first kappa shape index (κ1) is 12.5. The third-order valence-electron chi connectivity index (χ3n) is 2.05. The molecule has 1 aromatic carbocycles. The van der Waals surface area contributed by atoms with Gasteiger partial charge < -0.3 is 4.90 Å². The minimum atomic E-state index is -0.336. The average Bonchev–Trinajstić information content (AvgIpc) is 2.37. The second-order valence-corrected chi connectivity index (χ2v) is 3.25. The zero-order valence-corrected chi connectivity index (χ0v) is 9.21. The van der Waals surface area contributed by atoms with Crippen LogP contribution in [0.15, 0.2) is 36.4 Å². The summed E-state index contributed by atoms with van der Waals surface area (Å²) in [4.78, 5) is 12.8. The van der Waals surface area contributed by atoms with Gasteiger partial charge in [0.15, 0.2) is 0 Å². The highest BCUT2D eigenvalue weighted by Gasteiger charge is 2.08. The zero-order chi connectivity index (χ0) is 12.5. The number of nitriles is 2. The molecule has 1 aromatic rings. The van der Waals surface area contributed by atoms with Gasteiger partial charge in [-0.3, -0.25) is 4.79 Å². The maximum Gasteiger partial charge on any atom is 0.248 e. The Morgan fingerprint density at radius 1 is 1.18 bits per heavy atom. The number of carbonyl (C=O) groups excluding carboxylic acids is 1. The predicted octanol–water partition coefficient (Wildman–Crippen LogP) is 1.58. The van der Waals surface area contributed by atoms with Crippen molar-refractivity contribution in [1.82, 2.24) is 4.90 Å². The summed E-state index contributed by atoms with van der Waals surface area (Å²) in [6, 6.07) is 13.1. The molecule has 0 unspecified atom stereocenters. The topological polar surface area (TPSA) is 67.9 Å². The molecule has 0 aromatic heterocycles. The van der Waals surface area contributed by atoms with E-state index in [-0.39, 0.29) is 19.0 Å². The molecule has 0 aliphatic heterocycles. The molecule has 4 nitrogen and oxygen atoms in total. The Kier molecular flexibility index (Phi) is 5.00. The molecule has 0 N–H and O–H groups in total. The number of benzene rings is 1. The second-order valence-electron chi connectivity index (χ2n) is 3.25. The Morgan fingerprint density at radius 3 is 2.29 bits per heavy atom. The first-order valence-electron chi connectivity index (χ1n) is 5.04. The minimum absolute atomic E-state index is 0.0779. The fourth-order valence-corrected chi connectivity index (χ4v) is 1.22. The lowest BCUT2D eigenvalue weighted by molar-refractivity contribution is -0.124. The van der Waals surface area contributed by atoms with Crippen molar-refractivity contribution in [3.8, 4) is 12.1 Å². The van der Waals surface area contributed by atoms with Gasteiger partial charge in [-0.1, -0.05) is 30.3 Å². The van der Waals surface area contributed by atoms with Crippen molar-refractivity contribution in [2.75, 3.05) is 13.1 Å². The molecule has 84 valence electrons. The maximum absolute atomic E-state index is 11.6. The standard InChI is InChI=1S/C13H11N3O/c14-8-10-16(11-9-15)13(17)7-6-12-4-2-1-3-5-12/h1-7H,10-11H2. The molecule has 0 aliphatic rings. The fourth-order valence-electron chi connectivity index (χ4n) is 1.22. The van der Waals surface area contributed by atoms with Crippen LogP contribution in [0.5, 0.6) is 0 Å². The van der Waals surface area contributed by atoms with Gasteiger partial charge in [-0.05, 0) is 11.6 Å². The smallest absolute Gasteiger partial charge is 0.248 e. The van der Waals surface area contributed by atoms with Crippen molar-refractivity contribution >= 4 is 12.0 Å². The Bertz CT molecular complexity index is 464. The molecule has 1 amide bonds. The first-order chi connectivity index (χ1) is 8.27. The molecule has 0 aliphatic carbocycles. The quantitative estimate of drug-likeness (QED) is 0.577. The Hall–Kier alpha value is -2.59. The van der Waals surface area contributed by atoms with Gasteiger partial charge in [0.2, 0.25) is 5.91 Å². The molecule has 0 spiro atoms. The second kappa shape index (κ2) is 6.81. The van der Waals surface area contributed by atoms with Crippen LogP contribution in [0, 0.1) is 22.7 Å². The fraction of sp³-hybridized carbons (Fsp3) is 0.154. The van der Waals surface area contributed by atoms with Gasteiger partial charge in [0.05, 0.1) is 12.1 Å². The molecular weight excluding hydrogens is 214 g/mol. The summed E-state index contributed by atoms with van der Waals surface area (Å²) in [5, 5.41) is 17.0. The van der Waals surface area contributed by atoms with Gasteiger partial charge in [0.25, 0.3) is 0 Å². The summed E-state index contributed by atoms with van der Waals surface area (Å²) in [7, 11) is 0. The third-order valence-corrected chi connectivity index (χ3v) is 2.05. The van der Waals surface area contributed by atoms with E-state index in [9.17, 15) is 4.79 Å². The van der Waals surface area contributed by atoms with Gasteiger partial charge in [-0.15, -0.1) is 0 Å². The number of amides is 1. The zero-order valence-electron chi connectivity index (χ0n) is 9.21. The Labute approximate surface area is 100 Å². The first-order valence-corrected chi connectivity index (χ1v) is 5.04. The molecular formula is C13H11N3O. The maximum atomic E-state index is 11.6. The lowest BCUT2D eigenvalue weighted by atomic mass is 10.2. The van der Waals surface area contributed by atoms with Gasteiger partial charge in [-0.2, -0.15) is 10.5 Å². The van der Waals surface area contributed by atoms with Crippen LogP contribution in [-0.2, 0) is 4.79 Å². The summed E-state index contributed by atoms with van der Waals surface area (Å²) in [5.74, 6) is -0.336. The summed E-state index contributed by atoms with van der Waals surface area (Å²) in [5.41, 5.74) is 0.898. The van der Waals surface area contributed by atoms with Crippen LogP contribution in [0.25, 0.3) is 6.08 Å². The molecule has 0 saturated heterocycles. The summed E-state index contributed by atoms with van der Waals surface area (Å²) in [6.07, 6.45) is 3.02. The van der Waals surface area contributed by atoms with E-state index in [1.807, 2.05) is 42.5 Å². The molecule has 4 heteroatoms. The highest BCUT2D eigenvalue weighted by Crippen LogP contribution is 2.01. The van der Waals surface area contributed by atoms with Crippen LogP contribution in [0.1, 0.15) is 5.56 Å². The van der Waals surface area contributed by atoms with E-state index in [0.717, 1.165) is 5.56 Å². The van der Waals surface area contributed by atoms with E-state index in [1.165, 1.54) is 11.0 Å². The minimum Gasteiger partial charge on any atom is -0.313 e. The monoisotopic (exact) mass is 225 g/mol. The molecule has 0 heterocycles. The highest BCUT2D eigenvalue weighted by atomic mass is 16.2. The van der Waals surface area contributed by atoms with E-state index in [4.69, 9.17) is 10.5 Å². The van der Waals surface area contributed by atoms with Crippen molar-refractivity contribution in [3.63, 3.8) is 0 Å². The van der Waals surface area contributed by atoms with Gasteiger partial charge in [-0.25, -0.2) is 0 Å². The van der Waals surface area contributed by atoms with Crippen LogP contribution in [0.2, 0.25) is 0 Å². The van der Waals surface area contributed by atoms with Gasteiger partial charge in [0.1, 0.15) is 13.1 Å². The Balaban J connectivity index is 2.68. The van der Waals surface area contributed by atoms with Crippen LogP contribution in [0.3, 0.4) is 0 Å². The van der Waals surface area contributed by atoms with Crippen molar-refractivity contribution in [2.24, 2.45) is 0 Å². The SMILES string of the molecule is N#CCN(CC#N)C(=O)C=Cc1ccccc1. The number of carbonyl (C=O) groups is 1. The normalized spacial score (nSPS) is 9.53. The van der Waals surface area contributed by atoms with Crippen LogP contribution in [0.4, 0.5) is 0 Å². The van der Waals surface area contributed by atoms with E-state index in [1.54, 1.807) is 6.08 Å². The largest absolute Gasteiger partial charge is 0.313 e. The van der Waals surface area contributed by atoms with E-state index < -0.39 is 0 Å². The van der Waals surface area contributed by atoms with E-state index in [2.05, 4.69) is 0 Å². The van der Waals surface area contributed by atoms with Gasteiger partial charge in [0, 0.05) is 6.08 Å². The molecule has 0 radical (unpaired) electrons. The van der Waals surface area contributed by atoms with Gasteiger partial charge >= 0.3 is 0 Å². The van der Waals surface area contributed by atoms with Crippen molar-refractivity contribution < 1.29 is 4.79 Å². The summed E-state index contributed by atoms with van der Waals surface area (Å²) >= 11 is 0. The summed E-state index contributed by atoms with van der Waals surface area (Å²) in [6.45, 7) is -0.156. The van der Waals surface area contributed by atoms with E-state index >= 15 is 0 Å². The third kappa shape index (κ3) is 4.19. The number of rotatable bonds is 4. The number of nitrogens with zero attached hydrogens (tertiary/aromatic N) is 3. The number of hydrogen-bond donors (Lipinski definition) is 0. The molecule has 0 atom stereocenters. The van der Waals surface area contributed by atoms with Crippen molar-refractivity contribution in [1.29, 1.82) is 10.5 Å².